The molecule has 0 saturated heterocycles. The molecule has 17 heavy (non-hydrogen) atoms. The lowest BCUT2D eigenvalue weighted by atomic mass is 10.0. The molecule has 2 heteroatoms. The van der Waals surface area contributed by atoms with E-state index in [2.05, 4.69) is 6.92 Å². The average Bonchev–Trinajstić information content (AvgIpc) is 2.80. The summed E-state index contributed by atoms with van der Waals surface area (Å²) in [6.07, 6.45) is 12.1. The Morgan fingerprint density at radius 1 is 1.12 bits per heavy atom. The maximum absolute atomic E-state index is 9.80. The van der Waals surface area contributed by atoms with Crippen LogP contribution in [0.3, 0.4) is 0 Å². The van der Waals surface area contributed by atoms with E-state index in [0.29, 0.717) is 6.42 Å². The van der Waals surface area contributed by atoms with Gasteiger partial charge in [-0.3, -0.25) is 0 Å². The summed E-state index contributed by atoms with van der Waals surface area (Å²) < 4.78 is 5.22. The fourth-order valence-electron chi connectivity index (χ4n) is 2.10. The number of unbranched alkanes of at least 4 members (excludes halogenated alkanes) is 6. The van der Waals surface area contributed by atoms with Crippen molar-refractivity contribution in [3.8, 4) is 0 Å². The van der Waals surface area contributed by atoms with Crippen molar-refractivity contribution in [2.75, 3.05) is 0 Å². The van der Waals surface area contributed by atoms with Gasteiger partial charge in [-0.25, -0.2) is 0 Å². The summed E-state index contributed by atoms with van der Waals surface area (Å²) in [6, 6.07) is 3.80. The van der Waals surface area contributed by atoms with Crippen LogP contribution < -0.4 is 0 Å². The molecule has 0 aliphatic carbocycles. The van der Waals surface area contributed by atoms with Crippen LogP contribution in [-0.2, 0) is 6.42 Å². The second-order valence-corrected chi connectivity index (χ2v) is 4.85. The fourth-order valence-corrected chi connectivity index (χ4v) is 2.10. The quantitative estimate of drug-likeness (QED) is 0.616. The first-order valence-corrected chi connectivity index (χ1v) is 7.03. The van der Waals surface area contributed by atoms with Crippen LogP contribution in [0.25, 0.3) is 0 Å². The second kappa shape index (κ2) is 9.29. The second-order valence-electron chi connectivity index (χ2n) is 4.85. The van der Waals surface area contributed by atoms with Gasteiger partial charge in [-0.05, 0) is 18.6 Å². The molecule has 1 aromatic rings. The average molecular weight is 238 g/mol. The van der Waals surface area contributed by atoms with Gasteiger partial charge >= 0.3 is 0 Å². The van der Waals surface area contributed by atoms with Crippen LogP contribution in [0.15, 0.2) is 22.8 Å². The molecule has 1 rings (SSSR count). The summed E-state index contributed by atoms with van der Waals surface area (Å²) in [5.74, 6) is 0.889. The molecule has 0 spiro atoms. The summed E-state index contributed by atoms with van der Waals surface area (Å²) in [7, 11) is 0. The van der Waals surface area contributed by atoms with Crippen molar-refractivity contribution >= 4 is 0 Å². The van der Waals surface area contributed by atoms with Crippen LogP contribution in [0.5, 0.6) is 0 Å². The number of hydrogen-bond donors (Lipinski definition) is 1. The molecule has 0 aromatic carbocycles. The van der Waals surface area contributed by atoms with Gasteiger partial charge in [0.15, 0.2) is 0 Å². The smallest absolute Gasteiger partial charge is 0.106 e. The van der Waals surface area contributed by atoms with E-state index in [1.807, 2.05) is 12.1 Å². The zero-order chi connectivity index (χ0) is 12.3. The molecule has 0 aliphatic rings. The van der Waals surface area contributed by atoms with Crippen LogP contribution in [0.4, 0.5) is 0 Å². The summed E-state index contributed by atoms with van der Waals surface area (Å²) in [4.78, 5) is 0. The van der Waals surface area contributed by atoms with E-state index in [1.54, 1.807) is 6.26 Å². The third-order valence-corrected chi connectivity index (χ3v) is 3.16. The topological polar surface area (TPSA) is 33.4 Å². The minimum atomic E-state index is -0.239. The zero-order valence-corrected chi connectivity index (χ0v) is 11.0. The molecule has 1 unspecified atom stereocenters. The van der Waals surface area contributed by atoms with Crippen molar-refractivity contribution in [2.45, 2.75) is 70.8 Å². The number of hydrogen-bond acceptors (Lipinski definition) is 2. The lowest BCUT2D eigenvalue weighted by Gasteiger charge is -2.08. The SMILES string of the molecule is CCCCCCCCCC(O)Cc1ccco1. The Bertz CT molecular complexity index is 254. The molecule has 0 saturated carbocycles. The Balaban J connectivity index is 1.92. The highest BCUT2D eigenvalue weighted by Crippen LogP contribution is 2.12. The van der Waals surface area contributed by atoms with E-state index in [4.69, 9.17) is 4.42 Å². The highest BCUT2D eigenvalue weighted by molar-refractivity contribution is 4.99. The van der Waals surface area contributed by atoms with Crippen LogP contribution in [-0.4, -0.2) is 11.2 Å². The molecule has 0 amide bonds. The van der Waals surface area contributed by atoms with Gasteiger partial charge < -0.3 is 9.52 Å². The molecule has 2 nitrogen and oxygen atoms in total. The Morgan fingerprint density at radius 3 is 2.47 bits per heavy atom. The lowest BCUT2D eigenvalue weighted by Crippen LogP contribution is -2.09. The van der Waals surface area contributed by atoms with Gasteiger partial charge in [-0.15, -0.1) is 0 Å². The molecule has 0 radical (unpaired) electrons. The Labute approximate surface area is 105 Å². The zero-order valence-electron chi connectivity index (χ0n) is 11.0. The van der Waals surface area contributed by atoms with Crippen molar-refractivity contribution in [3.05, 3.63) is 24.2 Å². The molecular formula is C15H26O2. The first kappa shape index (κ1) is 14.3. The maximum atomic E-state index is 9.80. The van der Waals surface area contributed by atoms with Crippen molar-refractivity contribution in [3.63, 3.8) is 0 Å². The fraction of sp³-hybridized carbons (Fsp3) is 0.733. The van der Waals surface area contributed by atoms with Gasteiger partial charge in [0.1, 0.15) is 5.76 Å². The first-order valence-electron chi connectivity index (χ1n) is 7.03. The summed E-state index contributed by atoms with van der Waals surface area (Å²) in [6.45, 7) is 2.24. The lowest BCUT2D eigenvalue weighted by molar-refractivity contribution is 0.154. The van der Waals surface area contributed by atoms with Crippen LogP contribution in [0, 0.1) is 0 Å². The number of aliphatic hydroxyl groups excluding tert-OH is 1. The monoisotopic (exact) mass is 238 g/mol. The van der Waals surface area contributed by atoms with E-state index in [0.717, 1.165) is 18.6 Å². The number of furan rings is 1. The molecule has 1 atom stereocenters. The standard InChI is InChI=1S/C15H26O2/c1-2-3-4-5-6-7-8-10-14(16)13-15-11-9-12-17-15/h9,11-12,14,16H,2-8,10,13H2,1H3. The summed E-state index contributed by atoms with van der Waals surface area (Å²) in [5, 5.41) is 9.80. The highest BCUT2D eigenvalue weighted by Gasteiger charge is 2.06. The van der Waals surface area contributed by atoms with Gasteiger partial charge in [0.2, 0.25) is 0 Å². The molecule has 0 aliphatic heterocycles. The molecule has 1 heterocycles. The van der Waals surface area contributed by atoms with E-state index >= 15 is 0 Å². The van der Waals surface area contributed by atoms with Gasteiger partial charge in [0, 0.05) is 6.42 Å². The minimum Gasteiger partial charge on any atom is -0.469 e. The number of rotatable bonds is 10. The van der Waals surface area contributed by atoms with Gasteiger partial charge in [0.25, 0.3) is 0 Å². The molecule has 1 N–H and O–H groups in total. The van der Waals surface area contributed by atoms with Crippen molar-refractivity contribution in [1.82, 2.24) is 0 Å². The van der Waals surface area contributed by atoms with Crippen LogP contribution >= 0.6 is 0 Å². The van der Waals surface area contributed by atoms with Crippen LogP contribution in [0.1, 0.15) is 64.1 Å². The highest BCUT2D eigenvalue weighted by atomic mass is 16.3. The van der Waals surface area contributed by atoms with E-state index in [9.17, 15) is 5.11 Å². The van der Waals surface area contributed by atoms with E-state index in [-0.39, 0.29) is 6.10 Å². The minimum absolute atomic E-state index is 0.239. The third kappa shape index (κ3) is 7.22. The van der Waals surface area contributed by atoms with Crippen molar-refractivity contribution < 1.29 is 9.52 Å². The molecule has 0 bridgehead atoms. The third-order valence-electron chi connectivity index (χ3n) is 3.16. The molecule has 0 fully saturated rings. The molecule has 1 aromatic heterocycles. The first-order chi connectivity index (χ1) is 8.33. The summed E-state index contributed by atoms with van der Waals surface area (Å²) in [5.41, 5.74) is 0. The van der Waals surface area contributed by atoms with Crippen LogP contribution in [0.2, 0.25) is 0 Å². The number of aliphatic hydroxyl groups is 1. The molecule has 98 valence electrons. The van der Waals surface area contributed by atoms with Gasteiger partial charge in [-0.1, -0.05) is 51.9 Å². The summed E-state index contributed by atoms with van der Waals surface area (Å²) >= 11 is 0. The maximum Gasteiger partial charge on any atom is 0.106 e. The van der Waals surface area contributed by atoms with E-state index < -0.39 is 0 Å². The Kier molecular flexibility index (Phi) is 7.81. The Morgan fingerprint density at radius 2 is 1.82 bits per heavy atom. The Hall–Kier alpha value is -0.760. The normalized spacial score (nSPS) is 12.8. The van der Waals surface area contributed by atoms with E-state index in [1.165, 1.54) is 38.5 Å². The van der Waals surface area contributed by atoms with Gasteiger partial charge in [-0.2, -0.15) is 0 Å². The predicted octanol–water partition coefficient (Wildman–Crippen LogP) is 4.32. The van der Waals surface area contributed by atoms with Gasteiger partial charge in [0.05, 0.1) is 12.4 Å². The molecular weight excluding hydrogens is 212 g/mol. The van der Waals surface area contributed by atoms with Crippen molar-refractivity contribution in [2.24, 2.45) is 0 Å². The largest absolute Gasteiger partial charge is 0.469 e. The predicted molar refractivity (Wildman–Crippen MR) is 71.0 cm³/mol. The van der Waals surface area contributed by atoms with Crippen molar-refractivity contribution in [1.29, 1.82) is 0 Å².